The molecule has 0 radical (unpaired) electrons. The molecular formula is C13H16ClFN4. The number of fused-ring (bicyclic) bond motifs is 1. The summed E-state index contributed by atoms with van der Waals surface area (Å²) in [7, 11) is 2.11. The summed E-state index contributed by atoms with van der Waals surface area (Å²) in [4.78, 5) is 6.71. The second-order valence-electron chi connectivity index (χ2n) is 4.86. The van der Waals surface area contributed by atoms with Crippen LogP contribution in [0, 0.1) is 5.82 Å². The van der Waals surface area contributed by atoms with Gasteiger partial charge in [-0.2, -0.15) is 0 Å². The van der Waals surface area contributed by atoms with Crippen LogP contribution in [0.25, 0.3) is 11.0 Å². The molecule has 2 heterocycles. The Morgan fingerprint density at radius 1 is 1.26 bits per heavy atom. The van der Waals surface area contributed by atoms with Crippen molar-refractivity contribution in [3.63, 3.8) is 0 Å². The highest BCUT2D eigenvalue weighted by molar-refractivity contribution is 6.16. The third-order valence-electron chi connectivity index (χ3n) is 3.54. The van der Waals surface area contributed by atoms with Gasteiger partial charge in [-0.25, -0.2) is 14.1 Å². The Bertz CT molecular complexity index is 590. The highest BCUT2D eigenvalue weighted by atomic mass is 35.5. The molecule has 2 aromatic rings. The minimum Gasteiger partial charge on any atom is -0.308 e. The fraction of sp³-hybridized carbons (Fsp3) is 0.462. The van der Waals surface area contributed by atoms with Crippen LogP contribution in [0.5, 0.6) is 0 Å². The number of piperazine rings is 1. The van der Waals surface area contributed by atoms with Gasteiger partial charge < -0.3 is 9.91 Å². The van der Waals surface area contributed by atoms with Gasteiger partial charge in [0.25, 0.3) is 0 Å². The van der Waals surface area contributed by atoms with Gasteiger partial charge in [0.15, 0.2) is 0 Å². The van der Waals surface area contributed by atoms with Crippen LogP contribution < -0.4 is 5.01 Å². The molecule has 1 fully saturated rings. The van der Waals surface area contributed by atoms with Gasteiger partial charge in [-0.3, -0.25) is 0 Å². The number of nitrogens with zero attached hydrogens (tertiary/aromatic N) is 4. The lowest BCUT2D eigenvalue weighted by Gasteiger charge is -2.35. The maximum atomic E-state index is 13.3. The number of rotatable bonds is 2. The number of halogens is 2. The van der Waals surface area contributed by atoms with E-state index in [1.54, 1.807) is 6.07 Å². The van der Waals surface area contributed by atoms with E-state index in [2.05, 4.69) is 21.9 Å². The van der Waals surface area contributed by atoms with Crippen LogP contribution in [0.15, 0.2) is 18.2 Å². The molecule has 0 bridgehead atoms. The Labute approximate surface area is 116 Å². The van der Waals surface area contributed by atoms with Gasteiger partial charge in [-0.05, 0) is 19.2 Å². The molecule has 0 saturated carbocycles. The lowest BCUT2D eigenvalue weighted by atomic mass is 10.3. The van der Waals surface area contributed by atoms with Crippen molar-refractivity contribution in [2.45, 2.75) is 5.88 Å². The predicted molar refractivity (Wildman–Crippen MR) is 74.7 cm³/mol. The van der Waals surface area contributed by atoms with E-state index in [4.69, 9.17) is 11.6 Å². The van der Waals surface area contributed by atoms with Crippen molar-refractivity contribution in [1.82, 2.24) is 14.6 Å². The largest absolute Gasteiger partial charge is 0.308 e. The van der Waals surface area contributed by atoms with Crippen LogP contribution >= 0.6 is 11.6 Å². The first kappa shape index (κ1) is 12.7. The van der Waals surface area contributed by atoms with Crippen LogP contribution in [-0.2, 0) is 5.88 Å². The number of benzene rings is 1. The molecule has 4 nitrogen and oxygen atoms in total. The van der Waals surface area contributed by atoms with Crippen LogP contribution in [-0.4, -0.2) is 47.8 Å². The highest BCUT2D eigenvalue weighted by Crippen LogP contribution is 2.20. The average molecular weight is 283 g/mol. The van der Waals surface area contributed by atoms with Gasteiger partial charge in [0, 0.05) is 32.2 Å². The zero-order valence-electron chi connectivity index (χ0n) is 10.8. The molecule has 0 spiro atoms. The van der Waals surface area contributed by atoms with Crippen LogP contribution in [0.2, 0.25) is 0 Å². The van der Waals surface area contributed by atoms with Crippen molar-refractivity contribution in [3.8, 4) is 0 Å². The van der Waals surface area contributed by atoms with E-state index in [-0.39, 0.29) is 5.82 Å². The molecular weight excluding hydrogens is 267 g/mol. The minimum atomic E-state index is -0.267. The fourth-order valence-electron chi connectivity index (χ4n) is 2.49. The topological polar surface area (TPSA) is 24.3 Å². The summed E-state index contributed by atoms with van der Waals surface area (Å²) in [5.74, 6) is 0.825. The zero-order chi connectivity index (χ0) is 13.4. The Kier molecular flexibility index (Phi) is 3.33. The lowest BCUT2D eigenvalue weighted by molar-refractivity contribution is 0.288. The van der Waals surface area contributed by atoms with Gasteiger partial charge in [0.1, 0.15) is 11.6 Å². The summed E-state index contributed by atoms with van der Waals surface area (Å²) in [6, 6.07) is 4.69. The zero-order valence-corrected chi connectivity index (χ0v) is 11.6. The fourth-order valence-corrected chi connectivity index (χ4v) is 2.66. The number of aromatic nitrogens is 2. The molecule has 1 aromatic carbocycles. The first-order chi connectivity index (χ1) is 9.19. The Balaban J connectivity index is 2.05. The molecule has 1 aliphatic heterocycles. The summed E-state index contributed by atoms with van der Waals surface area (Å²) in [6.07, 6.45) is 0. The normalized spacial score (nSPS) is 17.3. The maximum Gasteiger partial charge on any atom is 0.143 e. The van der Waals surface area contributed by atoms with Gasteiger partial charge in [0.05, 0.1) is 16.9 Å². The van der Waals surface area contributed by atoms with Crippen molar-refractivity contribution in [2.75, 3.05) is 38.2 Å². The number of imidazole rings is 1. The second kappa shape index (κ2) is 4.98. The van der Waals surface area contributed by atoms with E-state index in [0.29, 0.717) is 11.4 Å². The molecule has 0 atom stereocenters. The van der Waals surface area contributed by atoms with Crippen LogP contribution in [0.3, 0.4) is 0 Å². The maximum absolute atomic E-state index is 13.3. The standard InChI is InChI=1S/C13H16ClFN4/c1-17-4-6-18(7-5-17)19-12-3-2-10(15)8-11(12)16-13(19)9-14/h2-3,8H,4-7,9H2,1H3. The van der Waals surface area contributed by atoms with Gasteiger partial charge in [-0.15, -0.1) is 11.6 Å². The predicted octanol–water partition coefficient (Wildman–Crippen LogP) is 1.80. The summed E-state index contributed by atoms with van der Waals surface area (Å²) < 4.78 is 15.3. The first-order valence-electron chi connectivity index (χ1n) is 6.35. The van der Waals surface area contributed by atoms with Crippen LogP contribution in [0.1, 0.15) is 5.82 Å². The summed E-state index contributed by atoms with van der Waals surface area (Å²) in [6.45, 7) is 3.84. The van der Waals surface area contributed by atoms with Crippen LogP contribution in [0.4, 0.5) is 4.39 Å². The van der Waals surface area contributed by atoms with E-state index in [0.717, 1.165) is 37.5 Å². The SMILES string of the molecule is CN1CCN(n2c(CCl)nc3cc(F)ccc32)CC1. The minimum absolute atomic E-state index is 0.267. The molecule has 102 valence electrons. The third kappa shape index (κ3) is 2.28. The van der Waals surface area contributed by atoms with Gasteiger partial charge >= 0.3 is 0 Å². The molecule has 0 aliphatic carbocycles. The molecule has 1 aromatic heterocycles. The molecule has 1 saturated heterocycles. The Hall–Kier alpha value is -1.33. The Morgan fingerprint density at radius 2 is 2.00 bits per heavy atom. The molecule has 0 N–H and O–H groups in total. The van der Waals surface area contributed by atoms with Gasteiger partial charge in [0.2, 0.25) is 0 Å². The summed E-state index contributed by atoms with van der Waals surface area (Å²) in [5, 5.41) is 2.23. The summed E-state index contributed by atoms with van der Waals surface area (Å²) in [5.41, 5.74) is 1.58. The first-order valence-corrected chi connectivity index (χ1v) is 6.89. The monoisotopic (exact) mass is 282 g/mol. The molecule has 0 unspecified atom stereocenters. The number of hydrogen-bond donors (Lipinski definition) is 0. The number of likely N-dealkylation sites (N-methyl/N-ethyl adjacent to an activating group) is 1. The van der Waals surface area contributed by atoms with E-state index in [9.17, 15) is 4.39 Å². The van der Waals surface area contributed by atoms with Crippen molar-refractivity contribution in [3.05, 3.63) is 29.8 Å². The highest BCUT2D eigenvalue weighted by Gasteiger charge is 2.19. The van der Waals surface area contributed by atoms with E-state index in [1.165, 1.54) is 12.1 Å². The molecule has 0 amide bonds. The smallest absolute Gasteiger partial charge is 0.143 e. The quantitative estimate of drug-likeness (QED) is 0.785. The van der Waals surface area contributed by atoms with Crippen molar-refractivity contribution in [2.24, 2.45) is 0 Å². The average Bonchev–Trinajstić information content (AvgIpc) is 2.77. The van der Waals surface area contributed by atoms with Crippen molar-refractivity contribution >= 4 is 22.6 Å². The second-order valence-corrected chi connectivity index (χ2v) is 5.13. The van der Waals surface area contributed by atoms with Gasteiger partial charge in [-0.1, -0.05) is 0 Å². The van der Waals surface area contributed by atoms with E-state index < -0.39 is 0 Å². The summed E-state index contributed by atoms with van der Waals surface area (Å²) >= 11 is 5.98. The third-order valence-corrected chi connectivity index (χ3v) is 3.78. The van der Waals surface area contributed by atoms with E-state index >= 15 is 0 Å². The molecule has 6 heteroatoms. The van der Waals surface area contributed by atoms with Crippen molar-refractivity contribution in [1.29, 1.82) is 0 Å². The lowest BCUT2D eigenvalue weighted by Crippen LogP contribution is -2.50. The molecule has 3 rings (SSSR count). The number of hydrogen-bond acceptors (Lipinski definition) is 3. The molecule has 19 heavy (non-hydrogen) atoms. The van der Waals surface area contributed by atoms with E-state index in [1.807, 2.05) is 4.68 Å². The van der Waals surface area contributed by atoms with Crippen molar-refractivity contribution < 1.29 is 4.39 Å². The number of alkyl halides is 1. The Morgan fingerprint density at radius 3 is 2.68 bits per heavy atom. The molecule has 1 aliphatic rings.